The maximum atomic E-state index is 5.89. The summed E-state index contributed by atoms with van der Waals surface area (Å²) in [5.74, 6) is 0.970. The summed E-state index contributed by atoms with van der Waals surface area (Å²) >= 11 is 0. The summed E-state index contributed by atoms with van der Waals surface area (Å²) in [6, 6.07) is 12.4. The zero-order valence-electron chi connectivity index (χ0n) is 18.6. The zero-order chi connectivity index (χ0) is 20.4. The molecule has 0 bridgehead atoms. The van der Waals surface area contributed by atoms with Crippen molar-refractivity contribution in [1.29, 1.82) is 0 Å². The van der Waals surface area contributed by atoms with Gasteiger partial charge in [-0.15, -0.1) is 0 Å². The van der Waals surface area contributed by atoms with E-state index in [0.717, 1.165) is 18.8 Å². The molecule has 0 saturated heterocycles. The molecule has 2 rings (SSSR count). The molecule has 0 aliphatic rings. The van der Waals surface area contributed by atoms with Crippen LogP contribution in [0.2, 0.25) is 0 Å². The lowest BCUT2D eigenvalue weighted by Crippen LogP contribution is -1.97. The predicted molar refractivity (Wildman–Crippen MR) is 125 cm³/mol. The van der Waals surface area contributed by atoms with Gasteiger partial charge < -0.3 is 4.74 Å². The van der Waals surface area contributed by atoms with E-state index in [-0.39, 0.29) is 0 Å². The molecule has 0 radical (unpaired) electrons. The molecule has 0 aliphatic heterocycles. The number of rotatable bonds is 17. The van der Waals surface area contributed by atoms with E-state index in [2.05, 4.69) is 36.2 Å². The topological polar surface area (TPSA) is 22.1 Å². The van der Waals surface area contributed by atoms with Crippen LogP contribution in [0.25, 0.3) is 11.1 Å². The Hall–Kier alpha value is -1.83. The van der Waals surface area contributed by atoms with E-state index in [1.807, 2.05) is 24.5 Å². The second kappa shape index (κ2) is 16.0. The van der Waals surface area contributed by atoms with Crippen molar-refractivity contribution in [2.45, 2.75) is 96.8 Å². The quantitative estimate of drug-likeness (QED) is 0.250. The van der Waals surface area contributed by atoms with Gasteiger partial charge >= 0.3 is 0 Å². The summed E-state index contributed by atoms with van der Waals surface area (Å²) in [7, 11) is 0. The molecule has 2 nitrogen and oxygen atoms in total. The summed E-state index contributed by atoms with van der Waals surface area (Å²) in [6.07, 6.45) is 23.1. The lowest BCUT2D eigenvalue weighted by molar-refractivity contribution is 0.304. The monoisotopic (exact) mass is 395 g/mol. The Morgan fingerprint density at radius 3 is 1.52 bits per heavy atom. The molecule has 1 aromatic heterocycles. The molecule has 0 saturated carbocycles. The van der Waals surface area contributed by atoms with Crippen molar-refractivity contribution in [2.75, 3.05) is 6.61 Å². The highest BCUT2D eigenvalue weighted by Gasteiger charge is 1.99. The lowest BCUT2D eigenvalue weighted by Gasteiger charge is -2.07. The van der Waals surface area contributed by atoms with E-state index >= 15 is 0 Å². The number of pyridine rings is 1. The van der Waals surface area contributed by atoms with Crippen LogP contribution >= 0.6 is 0 Å². The smallest absolute Gasteiger partial charge is 0.119 e. The van der Waals surface area contributed by atoms with Gasteiger partial charge in [0.25, 0.3) is 0 Å². The number of unbranched alkanes of at least 4 members (excludes halogenated alkanes) is 13. The molecular formula is C27H41NO. The van der Waals surface area contributed by atoms with Crippen molar-refractivity contribution in [2.24, 2.45) is 0 Å². The molecular weight excluding hydrogens is 354 g/mol. The molecule has 29 heavy (non-hydrogen) atoms. The highest BCUT2D eigenvalue weighted by molar-refractivity contribution is 5.63. The molecule has 0 aliphatic carbocycles. The number of benzene rings is 1. The summed E-state index contributed by atoms with van der Waals surface area (Å²) in [6.45, 7) is 3.11. The van der Waals surface area contributed by atoms with Crippen LogP contribution in [-0.2, 0) is 0 Å². The molecule has 0 unspecified atom stereocenters. The second-order valence-corrected chi connectivity index (χ2v) is 8.20. The highest BCUT2D eigenvalue weighted by atomic mass is 16.5. The van der Waals surface area contributed by atoms with Gasteiger partial charge in [0.15, 0.2) is 0 Å². The fourth-order valence-corrected chi connectivity index (χ4v) is 3.77. The Morgan fingerprint density at radius 1 is 0.552 bits per heavy atom. The van der Waals surface area contributed by atoms with Crippen LogP contribution in [0.3, 0.4) is 0 Å². The van der Waals surface area contributed by atoms with Crippen molar-refractivity contribution in [3.8, 4) is 16.9 Å². The maximum Gasteiger partial charge on any atom is 0.119 e. The van der Waals surface area contributed by atoms with Crippen molar-refractivity contribution >= 4 is 0 Å². The van der Waals surface area contributed by atoms with E-state index in [0.29, 0.717) is 0 Å². The molecule has 2 heteroatoms. The minimum Gasteiger partial charge on any atom is -0.494 e. The highest BCUT2D eigenvalue weighted by Crippen LogP contribution is 2.22. The number of nitrogens with zero attached hydrogens (tertiary/aromatic N) is 1. The fraction of sp³-hybridized carbons (Fsp3) is 0.593. The van der Waals surface area contributed by atoms with Crippen molar-refractivity contribution in [1.82, 2.24) is 4.98 Å². The Labute approximate surface area is 179 Å². The van der Waals surface area contributed by atoms with Crippen LogP contribution in [0.5, 0.6) is 5.75 Å². The average Bonchev–Trinajstić information content (AvgIpc) is 2.77. The molecule has 2 aromatic rings. The fourth-order valence-electron chi connectivity index (χ4n) is 3.77. The predicted octanol–water partition coefficient (Wildman–Crippen LogP) is 8.61. The standard InChI is InChI=1S/C27H41NO/c1-2-3-4-5-6-7-8-9-10-11-12-13-14-15-24-29-27-18-16-25(17-19-27)26-20-22-28-23-21-26/h16-23H,2-15,24H2,1H3. The zero-order valence-corrected chi connectivity index (χ0v) is 18.6. The van der Waals surface area contributed by atoms with Gasteiger partial charge in [-0.25, -0.2) is 0 Å². The van der Waals surface area contributed by atoms with E-state index in [4.69, 9.17) is 4.74 Å². The SMILES string of the molecule is CCCCCCCCCCCCCCCCOc1ccc(-c2ccncc2)cc1. The number of hydrogen-bond donors (Lipinski definition) is 0. The maximum absolute atomic E-state index is 5.89. The minimum absolute atomic E-state index is 0.826. The lowest BCUT2D eigenvalue weighted by atomic mass is 10.0. The normalized spacial score (nSPS) is 10.9. The minimum atomic E-state index is 0.826. The molecule has 1 aromatic carbocycles. The van der Waals surface area contributed by atoms with E-state index in [1.165, 1.54) is 94.6 Å². The van der Waals surface area contributed by atoms with Crippen LogP contribution in [0, 0.1) is 0 Å². The molecule has 160 valence electrons. The molecule has 0 atom stereocenters. The Balaban J connectivity index is 1.39. The third-order valence-corrected chi connectivity index (χ3v) is 5.63. The summed E-state index contributed by atoms with van der Waals surface area (Å²) in [4.78, 5) is 4.07. The first-order chi connectivity index (χ1) is 14.4. The second-order valence-electron chi connectivity index (χ2n) is 8.20. The van der Waals surface area contributed by atoms with Gasteiger partial charge in [-0.3, -0.25) is 4.98 Å². The summed E-state index contributed by atoms with van der Waals surface area (Å²) in [5, 5.41) is 0. The van der Waals surface area contributed by atoms with Gasteiger partial charge in [-0.1, -0.05) is 103 Å². The van der Waals surface area contributed by atoms with Gasteiger partial charge in [0.2, 0.25) is 0 Å². The summed E-state index contributed by atoms with van der Waals surface area (Å²) in [5.41, 5.74) is 2.40. The van der Waals surface area contributed by atoms with Crippen LogP contribution in [0.15, 0.2) is 48.8 Å². The van der Waals surface area contributed by atoms with Crippen LogP contribution in [0.4, 0.5) is 0 Å². The third-order valence-electron chi connectivity index (χ3n) is 5.63. The van der Waals surface area contributed by atoms with Gasteiger partial charge in [0, 0.05) is 12.4 Å². The first-order valence-electron chi connectivity index (χ1n) is 12.0. The summed E-state index contributed by atoms with van der Waals surface area (Å²) < 4.78 is 5.89. The van der Waals surface area contributed by atoms with Gasteiger partial charge in [0.1, 0.15) is 5.75 Å². The number of hydrogen-bond acceptors (Lipinski definition) is 2. The van der Waals surface area contributed by atoms with Crippen LogP contribution in [-0.4, -0.2) is 11.6 Å². The van der Waals surface area contributed by atoms with Crippen molar-refractivity contribution in [3.63, 3.8) is 0 Å². The van der Waals surface area contributed by atoms with E-state index in [1.54, 1.807) is 0 Å². The largest absolute Gasteiger partial charge is 0.494 e. The van der Waals surface area contributed by atoms with Gasteiger partial charge in [-0.05, 0) is 41.8 Å². The molecule has 0 spiro atoms. The van der Waals surface area contributed by atoms with E-state index in [9.17, 15) is 0 Å². The average molecular weight is 396 g/mol. The van der Waals surface area contributed by atoms with Gasteiger partial charge in [0.05, 0.1) is 6.61 Å². The molecule has 0 amide bonds. The number of aromatic nitrogens is 1. The molecule has 0 N–H and O–H groups in total. The van der Waals surface area contributed by atoms with Gasteiger partial charge in [-0.2, -0.15) is 0 Å². The number of ether oxygens (including phenoxy) is 1. The van der Waals surface area contributed by atoms with Crippen molar-refractivity contribution < 1.29 is 4.74 Å². The van der Waals surface area contributed by atoms with Crippen molar-refractivity contribution in [3.05, 3.63) is 48.8 Å². The van der Waals surface area contributed by atoms with E-state index < -0.39 is 0 Å². The molecule has 0 fully saturated rings. The first kappa shape index (κ1) is 23.4. The molecule has 1 heterocycles. The van der Waals surface area contributed by atoms with Crippen LogP contribution < -0.4 is 4.74 Å². The Kier molecular flexibility index (Phi) is 13.0. The third kappa shape index (κ3) is 11.1. The Morgan fingerprint density at radius 2 is 1.00 bits per heavy atom. The first-order valence-corrected chi connectivity index (χ1v) is 12.0. The van der Waals surface area contributed by atoms with Crippen LogP contribution in [0.1, 0.15) is 96.8 Å². The Bertz CT molecular complexity index is 608.